The summed E-state index contributed by atoms with van der Waals surface area (Å²) in [5.41, 5.74) is 8.58. The smallest absolute Gasteiger partial charge is 0.244 e. The molecule has 0 aliphatic carbocycles. The van der Waals surface area contributed by atoms with E-state index >= 15 is 0 Å². The van der Waals surface area contributed by atoms with Crippen LogP contribution in [0.5, 0.6) is 0 Å². The summed E-state index contributed by atoms with van der Waals surface area (Å²) in [5, 5.41) is 0. The highest BCUT2D eigenvalue weighted by Crippen LogP contribution is 2.47. The Morgan fingerprint density at radius 3 is 1.35 bits per heavy atom. The number of rotatable bonds is 4. The number of anilines is 4. The van der Waals surface area contributed by atoms with E-state index in [1.54, 1.807) is 34.6 Å². The standard InChI is InChI=1S/2C21H21N5O/c1-12-8-19(25-14(3)24-12)26-18-9-15(16-10-22-13(2)23-11-16)6-7-17(18)21(4,5)20(26)27;1-12-8-13(2)25-20(24-12)26-18-9-15(16-10-22-14(3)23-11-16)6-7-17(18)21(4,5)19(26)27/h2*6-11H,1-5H3. The normalized spacial score (nSPS) is 15.1. The molecule has 12 heteroatoms. The van der Waals surface area contributed by atoms with E-state index in [-0.39, 0.29) is 11.8 Å². The minimum absolute atomic E-state index is 0.00676. The van der Waals surface area contributed by atoms with Gasteiger partial charge in [-0.2, -0.15) is 0 Å². The fourth-order valence-electron chi connectivity index (χ4n) is 6.99. The van der Waals surface area contributed by atoms with Crippen LogP contribution in [0.3, 0.4) is 0 Å². The van der Waals surface area contributed by atoms with Crippen molar-refractivity contribution in [1.82, 2.24) is 39.9 Å². The summed E-state index contributed by atoms with van der Waals surface area (Å²) in [6.07, 6.45) is 7.19. The molecule has 8 rings (SSSR count). The van der Waals surface area contributed by atoms with Crippen molar-refractivity contribution < 1.29 is 9.59 Å². The van der Waals surface area contributed by atoms with Crippen molar-refractivity contribution in [3.8, 4) is 22.3 Å². The summed E-state index contributed by atoms with van der Waals surface area (Å²) in [6.45, 7) is 19.0. The molecule has 272 valence electrons. The molecule has 2 aliphatic rings. The summed E-state index contributed by atoms with van der Waals surface area (Å²) in [7, 11) is 0. The van der Waals surface area contributed by atoms with E-state index in [9.17, 15) is 9.59 Å². The fraction of sp³-hybridized carbons (Fsp3) is 0.286. The molecule has 0 unspecified atom stereocenters. The number of fused-ring (bicyclic) bond motifs is 2. The fourth-order valence-corrected chi connectivity index (χ4v) is 6.99. The number of hydrogen-bond acceptors (Lipinski definition) is 10. The average molecular weight is 719 g/mol. The van der Waals surface area contributed by atoms with Crippen molar-refractivity contribution in [1.29, 1.82) is 0 Å². The predicted molar refractivity (Wildman–Crippen MR) is 208 cm³/mol. The number of carbonyl (C=O) groups excluding carboxylic acids is 2. The van der Waals surface area contributed by atoms with E-state index in [2.05, 4.69) is 39.9 Å². The van der Waals surface area contributed by atoms with E-state index < -0.39 is 10.8 Å². The Balaban J connectivity index is 0.000000167. The Morgan fingerprint density at radius 2 is 0.889 bits per heavy atom. The van der Waals surface area contributed by atoms with E-state index in [0.717, 1.165) is 73.5 Å². The van der Waals surface area contributed by atoms with Crippen molar-refractivity contribution in [3.63, 3.8) is 0 Å². The minimum atomic E-state index is -0.640. The highest BCUT2D eigenvalue weighted by Gasteiger charge is 2.46. The molecule has 0 atom stereocenters. The van der Waals surface area contributed by atoms with Gasteiger partial charge in [-0.05, 0) is 110 Å². The van der Waals surface area contributed by atoms with Crippen molar-refractivity contribution in [2.75, 3.05) is 9.80 Å². The quantitative estimate of drug-likeness (QED) is 0.178. The summed E-state index contributed by atoms with van der Waals surface area (Å²) in [6, 6.07) is 15.8. The number of nitrogens with zero attached hydrogens (tertiary/aromatic N) is 10. The zero-order valence-corrected chi connectivity index (χ0v) is 32.2. The average Bonchev–Trinajstić information content (AvgIpc) is 3.44. The number of hydrogen-bond donors (Lipinski definition) is 0. The van der Waals surface area contributed by atoms with Crippen LogP contribution in [0.4, 0.5) is 23.1 Å². The molecule has 0 fully saturated rings. The maximum Gasteiger partial charge on any atom is 0.244 e. The van der Waals surface area contributed by atoms with Gasteiger partial charge in [0.15, 0.2) is 0 Å². The molecule has 2 aromatic carbocycles. The molecule has 6 aromatic rings. The van der Waals surface area contributed by atoms with E-state index in [4.69, 9.17) is 0 Å². The second kappa shape index (κ2) is 13.3. The second-order valence-electron chi connectivity index (χ2n) is 14.9. The Bertz CT molecular complexity index is 2250. The Kier molecular flexibility index (Phi) is 8.87. The first-order valence-corrected chi connectivity index (χ1v) is 17.8. The van der Waals surface area contributed by atoms with Crippen molar-refractivity contribution >= 4 is 35.0 Å². The van der Waals surface area contributed by atoms with Gasteiger partial charge < -0.3 is 0 Å². The van der Waals surface area contributed by atoms with Crippen LogP contribution in [0, 0.1) is 41.5 Å². The molecule has 0 bridgehead atoms. The van der Waals surface area contributed by atoms with E-state index in [1.807, 2.05) is 118 Å². The lowest BCUT2D eigenvalue weighted by atomic mass is 9.85. The third-order valence-electron chi connectivity index (χ3n) is 9.88. The second-order valence-corrected chi connectivity index (χ2v) is 14.9. The van der Waals surface area contributed by atoms with Crippen molar-refractivity contribution in [2.45, 2.75) is 80.1 Å². The van der Waals surface area contributed by atoms with Crippen LogP contribution in [0.15, 0.2) is 73.3 Å². The largest absolute Gasteiger partial charge is 0.273 e. The maximum atomic E-state index is 13.2. The zero-order chi connectivity index (χ0) is 38.7. The van der Waals surface area contributed by atoms with Gasteiger partial charge in [0.25, 0.3) is 0 Å². The molecule has 6 heterocycles. The van der Waals surface area contributed by atoms with Gasteiger partial charge in [0.1, 0.15) is 23.3 Å². The lowest BCUT2D eigenvalue weighted by Gasteiger charge is -2.20. The number of aromatic nitrogens is 8. The van der Waals surface area contributed by atoms with Gasteiger partial charge in [-0.25, -0.2) is 44.8 Å². The summed E-state index contributed by atoms with van der Waals surface area (Å²) in [5.74, 6) is 3.10. The molecule has 0 saturated heterocycles. The highest BCUT2D eigenvalue weighted by atomic mass is 16.2. The van der Waals surface area contributed by atoms with Crippen LogP contribution in [0.25, 0.3) is 22.3 Å². The highest BCUT2D eigenvalue weighted by molar-refractivity contribution is 6.13. The maximum absolute atomic E-state index is 13.2. The number of benzene rings is 2. The van der Waals surface area contributed by atoms with Gasteiger partial charge in [0, 0.05) is 59.1 Å². The minimum Gasteiger partial charge on any atom is -0.273 e. The van der Waals surface area contributed by atoms with Crippen LogP contribution in [-0.2, 0) is 20.4 Å². The molecular weight excluding hydrogens is 677 g/mol. The van der Waals surface area contributed by atoms with Gasteiger partial charge in [-0.3, -0.25) is 14.5 Å². The van der Waals surface area contributed by atoms with Crippen molar-refractivity contribution in [2.24, 2.45) is 0 Å². The SMILES string of the molecule is Cc1cc(C)nc(N2C(=O)C(C)(C)c3ccc(-c4cnc(C)nc4)cc32)n1.Cc1cc(N2C(=O)C(C)(C)c3ccc(-c4cnc(C)nc4)cc32)nc(C)n1. The van der Waals surface area contributed by atoms with E-state index in [0.29, 0.717) is 17.6 Å². The summed E-state index contributed by atoms with van der Waals surface area (Å²) >= 11 is 0. The predicted octanol–water partition coefficient (Wildman–Crippen LogP) is 7.63. The monoisotopic (exact) mass is 718 g/mol. The number of carbonyl (C=O) groups is 2. The third-order valence-corrected chi connectivity index (χ3v) is 9.88. The Labute approximate surface area is 314 Å². The Morgan fingerprint density at radius 1 is 0.463 bits per heavy atom. The molecule has 2 aliphatic heterocycles. The molecule has 54 heavy (non-hydrogen) atoms. The lowest BCUT2D eigenvalue weighted by molar-refractivity contribution is -0.122. The topological polar surface area (TPSA) is 144 Å². The van der Waals surface area contributed by atoms with Gasteiger partial charge in [0.2, 0.25) is 17.8 Å². The number of aryl methyl sites for hydroxylation is 6. The molecule has 2 amide bonds. The van der Waals surface area contributed by atoms with Crippen LogP contribution in [0.2, 0.25) is 0 Å². The molecule has 0 radical (unpaired) electrons. The van der Waals surface area contributed by atoms with Crippen LogP contribution >= 0.6 is 0 Å². The van der Waals surface area contributed by atoms with Gasteiger partial charge in [-0.1, -0.05) is 24.3 Å². The molecule has 0 saturated carbocycles. The molecule has 0 spiro atoms. The van der Waals surface area contributed by atoms with Crippen LogP contribution < -0.4 is 9.80 Å². The first kappa shape index (κ1) is 36.1. The summed E-state index contributed by atoms with van der Waals surface area (Å²) in [4.78, 5) is 64.8. The third kappa shape index (κ3) is 6.37. The Hall–Kier alpha value is -6.30. The molecule has 12 nitrogen and oxygen atoms in total. The van der Waals surface area contributed by atoms with Crippen molar-refractivity contribution in [3.05, 3.63) is 119 Å². The first-order chi connectivity index (χ1) is 25.5. The van der Waals surface area contributed by atoms with Crippen LogP contribution in [-0.4, -0.2) is 51.7 Å². The van der Waals surface area contributed by atoms with Gasteiger partial charge in [-0.15, -0.1) is 0 Å². The van der Waals surface area contributed by atoms with Crippen LogP contribution in [0.1, 0.15) is 73.4 Å². The molecule has 0 N–H and O–H groups in total. The first-order valence-electron chi connectivity index (χ1n) is 17.8. The van der Waals surface area contributed by atoms with Gasteiger partial charge in [0.05, 0.1) is 22.2 Å². The molecule has 4 aromatic heterocycles. The summed E-state index contributed by atoms with van der Waals surface area (Å²) < 4.78 is 0. The molecular formula is C42H42N10O2. The van der Waals surface area contributed by atoms with Gasteiger partial charge >= 0.3 is 0 Å². The number of amides is 2. The zero-order valence-electron chi connectivity index (χ0n) is 32.2. The lowest BCUT2D eigenvalue weighted by Crippen LogP contribution is -2.34. The van der Waals surface area contributed by atoms with E-state index in [1.165, 1.54) is 0 Å².